The van der Waals surface area contributed by atoms with Gasteiger partial charge < -0.3 is 14.5 Å². The lowest BCUT2D eigenvalue weighted by molar-refractivity contribution is 0.102. The van der Waals surface area contributed by atoms with Gasteiger partial charge in [0.05, 0.1) is 18.3 Å². The summed E-state index contributed by atoms with van der Waals surface area (Å²) in [5.41, 5.74) is 4.56. The zero-order valence-electron chi connectivity index (χ0n) is 11.8. The van der Waals surface area contributed by atoms with Crippen LogP contribution in [0, 0.1) is 6.92 Å². The molecule has 5 heteroatoms. The summed E-state index contributed by atoms with van der Waals surface area (Å²) in [4.78, 5) is 19.1. The molecule has 2 aromatic heterocycles. The lowest BCUT2D eigenvalue weighted by atomic mass is 9.94. The first kappa shape index (κ1) is 13.0. The Balaban J connectivity index is 2.03. The van der Waals surface area contributed by atoms with Crippen molar-refractivity contribution in [3.05, 3.63) is 23.0 Å². The van der Waals surface area contributed by atoms with E-state index >= 15 is 0 Å². The molecule has 3 rings (SSSR count). The minimum absolute atomic E-state index is 0.291. The van der Waals surface area contributed by atoms with Crippen molar-refractivity contribution in [1.82, 2.24) is 9.97 Å². The monoisotopic (exact) mass is 274 g/mol. The number of nitrogens with one attached hydrogen (secondary N) is 1. The molecule has 2 heterocycles. The molecule has 0 spiro atoms. The number of nitrogens with zero attached hydrogens (tertiary/aromatic N) is 1. The summed E-state index contributed by atoms with van der Waals surface area (Å²) in [5.74, 6) is 0.336. The van der Waals surface area contributed by atoms with E-state index in [-0.39, 0.29) is 0 Å². The summed E-state index contributed by atoms with van der Waals surface area (Å²) in [6, 6.07) is 0. The molecule has 1 N–H and O–H groups in total. The molecule has 5 nitrogen and oxygen atoms in total. The molecule has 0 unspecified atom stereocenters. The van der Waals surface area contributed by atoms with E-state index < -0.39 is 6.16 Å². The van der Waals surface area contributed by atoms with Crippen LogP contribution in [0.25, 0.3) is 10.9 Å². The number of hydrogen-bond acceptors (Lipinski definition) is 4. The number of rotatable bonds is 2. The van der Waals surface area contributed by atoms with Crippen molar-refractivity contribution in [3.8, 4) is 5.88 Å². The second-order valence-electron chi connectivity index (χ2n) is 5.05. The zero-order chi connectivity index (χ0) is 14.1. The number of carbonyl (C=O) groups is 1. The van der Waals surface area contributed by atoms with Gasteiger partial charge in [-0.25, -0.2) is 9.78 Å². The van der Waals surface area contributed by atoms with Crippen molar-refractivity contribution < 1.29 is 14.3 Å². The molecule has 0 aliphatic heterocycles. The van der Waals surface area contributed by atoms with Gasteiger partial charge in [0.15, 0.2) is 0 Å². The first-order valence-corrected chi connectivity index (χ1v) is 7.04. The molecule has 0 saturated carbocycles. The SMILES string of the molecule is CCOC(=O)Oc1ncc2[nH]c3c(c2c1C)CCCC3. The number of carbonyl (C=O) groups excluding carboxylic acids is 1. The highest BCUT2D eigenvalue weighted by molar-refractivity contribution is 5.89. The zero-order valence-corrected chi connectivity index (χ0v) is 11.8. The molecule has 0 amide bonds. The highest BCUT2D eigenvalue weighted by Gasteiger charge is 2.20. The average Bonchev–Trinajstić information content (AvgIpc) is 2.81. The number of fused-ring (bicyclic) bond motifs is 3. The second kappa shape index (κ2) is 5.15. The van der Waals surface area contributed by atoms with Crippen molar-refractivity contribution in [2.75, 3.05) is 6.61 Å². The maximum atomic E-state index is 11.4. The number of H-pyrrole nitrogens is 1. The lowest BCUT2D eigenvalue weighted by Gasteiger charge is -2.12. The Morgan fingerprint density at radius 1 is 1.40 bits per heavy atom. The third-order valence-electron chi connectivity index (χ3n) is 3.77. The molecule has 0 aromatic carbocycles. The van der Waals surface area contributed by atoms with Gasteiger partial charge in [-0.3, -0.25) is 0 Å². The average molecular weight is 274 g/mol. The van der Waals surface area contributed by atoms with E-state index in [1.165, 1.54) is 24.1 Å². The van der Waals surface area contributed by atoms with Gasteiger partial charge >= 0.3 is 6.16 Å². The molecule has 20 heavy (non-hydrogen) atoms. The molecule has 1 aliphatic carbocycles. The van der Waals surface area contributed by atoms with Crippen molar-refractivity contribution in [2.24, 2.45) is 0 Å². The van der Waals surface area contributed by atoms with Crippen LogP contribution in [0.5, 0.6) is 5.88 Å². The Kier molecular flexibility index (Phi) is 3.34. The van der Waals surface area contributed by atoms with Gasteiger partial charge in [0, 0.05) is 16.6 Å². The van der Waals surface area contributed by atoms with Crippen LogP contribution in [0.2, 0.25) is 0 Å². The molecular formula is C15H18N2O3. The van der Waals surface area contributed by atoms with E-state index in [0.717, 1.165) is 29.3 Å². The van der Waals surface area contributed by atoms with Crippen LogP contribution in [-0.2, 0) is 17.6 Å². The number of aromatic amines is 1. The smallest absolute Gasteiger partial charge is 0.434 e. The Labute approximate surface area is 117 Å². The summed E-state index contributed by atoms with van der Waals surface area (Å²) in [5, 5.41) is 1.15. The molecule has 0 fully saturated rings. The molecule has 106 valence electrons. The molecule has 0 radical (unpaired) electrons. The minimum Gasteiger partial charge on any atom is -0.434 e. The van der Waals surface area contributed by atoms with E-state index in [0.29, 0.717) is 12.5 Å². The van der Waals surface area contributed by atoms with Crippen LogP contribution in [-0.4, -0.2) is 22.7 Å². The fourth-order valence-corrected chi connectivity index (χ4v) is 2.89. The number of pyridine rings is 1. The lowest BCUT2D eigenvalue weighted by Crippen LogP contribution is -2.12. The maximum Gasteiger partial charge on any atom is 0.515 e. The summed E-state index contributed by atoms with van der Waals surface area (Å²) >= 11 is 0. The van der Waals surface area contributed by atoms with Crippen LogP contribution < -0.4 is 4.74 Å². The van der Waals surface area contributed by atoms with Gasteiger partial charge in [-0.1, -0.05) is 0 Å². The van der Waals surface area contributed by atoms with Gasteiger partial charge in [0.1, 0.15) is 0 Å². The maximum absolute atomic E-state index is 11.4. The Morgan fingerprint density at radius 2 is 2.20 bits per heavy atom. The Morgan fingerprint density at radius 3 is 3.00 bits per heavy atom. The second-order valence-corrected chi connectivity index (χ2v) is 5.05. The van der Waals surface area contributed by atoms with Gasteiger partial charge in [-0.15, -0.1) is 0 Å². The van der Waals surface area contributed by atoms with Crippen LogP contribution in [0.1, 0.15) is 36.6 Å². The molecule has 0 atom stereocenters. The molecule has 1 aliphatic rings. The van der Waals surface area contributed by atoms with Crippen LogP contribution >= 0.6 is 0 Å². The molecule has 2 aromatic rings. The van der Waals surface area contributed by atoms with E-state index in [4.69, 9.17) is 9.47 Å². The van der Waals surface area contributed by atoms with E-state index in [1.807, 2.05) is 6.92 Å². The normalized spacial score (nSPS) is 14.1. The predicted molar refractivity (Wildman–Crippen MR) is 75.1 cm³/mol. The Hall–Kier alpha value is -2.04. The van der Waals surface area contributed by atoms with E-state index in [1.54, 1.807) is 13.1 Å². The van der Waals surface area contributed by atoms with Crippen molar-refractivity contribution in [1.29, 1.82) is 0 Å². The first-order valence-electron chi connectivity index (χ1n) is 7.04. The van der Waals surface area contributed by atoms with Crippen molar-refractivity contribution in [2.45, 2.75) is 39.5 Å². The summed E-state index contributed by atoms with van der Waals surface area (Å²) < 4.78 is 9.97. The largest absolute Gasteiger partial charge is 0.515 e. The quantitative estimate of drug-likeness (QED) is 0.853. The predicted octanol–water partition coefficient (Wildman–Crippen LogP) is 3.29. The van der Waals surface area contributed by atoms with Gasteiger partial charge in [0.2, 0.25) is 5.88 Å². The third kappa shape index (κ3) is 2.13. The highest BCUT2D eigenvalue weighted by atomic mass is 16.7. The van der Waals surface area contributed by atoms with Crippen LogP contribution in [0.3, 0.4) is 0 Å². The molecular weight excluding hydrogens is 256 g/mol. The van der Waals surface area contributed by atoms with Crippen molar-refractivity contribution in [3.63, 3.8) is 0 Å². The van der Waals surface area contributed by atoms with Gasteiger partial charge in [-0.2, -0.15) is 0 Å². The van der Waals surface area contributed by atoms with Crippen LogP contribution in [0.4, 0.5) is 4.79 Å². The third-order valence-corrected chi connectivity index (χ3v) is 3.77. The van der Waals surface area contributed by atoms with Crippen molar-refractivity contribution >= 4 is 17.1 Å². The minimum atomic E-state index is -0.702. The highest BCUT2D eigenvalue weighted by Crippen LogP contribution is 2.33. The summed E-state index contributed by atoms with van der Waals surface area (Å²) in [6.45, 7) is 3.97. The number of hydrogen-bond donors (Lipinski definition) is 1. The fraction of sp³-hybridized carbons (Fsp3) is 0.467. The number of ether oxygens (including phenoxy) is 2. The Bertz CT molecular complexity index is 661. The van der Waals surface area contributed by atoms with Crippen LogP contribution in [0.15, 0.2) is 6.20 Å². The van der Waals surface area contributed by atoms with Gasteiger partial charge in [0.25, 0.3) is 0 Å². The topological polar surface area (TPSA) is 64.2 Å². The number of aryl methyl sites for hydroxylation is 3. The standard InChI is InChI=1S/C15H18N2O3/c1-3-19-15(18)20-14-9(2)13-10-6-4-5-7-11(10)17-12(13)8-16-14/h8,17H,3-7H2,1-2H3. The van der Waals surface area contributed by atoms with E-state index in [9.17, 15) is 4.79 Å². The van der Waals surface area contributed by atoms with Gasteiger partial charge in [-0.05, 0) is 45.1 Å². The summed E-state index contributed by atoms with van der Waals surface area (Å²) in [6.07, 6.45) is 5.60. The first-order chi connectivity index (χ1) is 9.70. The summed E-state index contributed by atoms with van der Waals surface area (Å²) in [7, 11) is 0. The molecule has 0 bridgehead atoms. The number of aromatic nitrogens is 2. The fourth-order valence-electron chi connectivity index (χ4n) is 2.89. The molecule has 0 saturated heterocycles. The van der Waals surface area contributed by atoms with E-state index in [2.05, 4.69) is 9.97 Å².